The molecule has 2 fully saturated rings. The highest BCUT2D eigenvalue weighted by Gasteiger charge is 2.60. The number of alkyl halides is 3. The summed E-state index contributed by atoms with van der Waals surface area (Å²) in [6, 6.07) is 0. The van der Waals surface area contributed by atoms with Gasteiger partial charge in [-0.2, -0.15) is 13.1 Å². The van der Waals surface area contributed by atoms with Crippen molar-refractivity contribution >= 4 is 23.9 Å². The number of carbonyl (C=O) groups excluding carboxylic acids is 2. The summed E-state index contributed by atoms with van der Waals surface area (Å²) in [4.78, 5) is 24.2. The van der Waals surface area contributed by atoms with Crippen LogP contribution in [0.3, 0.4) is 0 Å². The van der Waals surface area contributed by atoms with E-state index in [0.717, 1.165) is 6.42 Å². The Labute approximate surface area is 123 Å². The first-order chi connectivity index (χ1) is 9.86. The van der Waals surface area contributed by atoms with E-state index >= 15 is 0 Å². The van der Waals surface area contributed by atoms with Crippen molar-refractivity contribution in [3.8, 4) is 0 Å². The molecule has 3 rings (SSSR count). The molecule has 8 heteroatoms. The average molecular weight is 319 g/mol. The van der Waals surface area contributed by atoms with E-state index in [1.807, 2.05) is 12.2 Å². The third kappa shape index (κ3) is 2.12. The highest BCUT2D eigenvalue weighted by Crippen LogP contribution is 2.53. The third-order valence-corrected chi connectivity index (χ3v) is 4.85. The van der Waals surface area contributed by atoms with Crippen molar-refractivity contribution in [2.24, 2.45) is 23.7 Å². The second-order valence-corrected chi connectivity index (χ2v) is 6.19. The van der Waals surface area contributed by atoms with Gasteiger partial charge in [0.05, 0.1) is 11.8 Å². The zero-order chi connectivity index (χ0) is 15.4. The Balaban J connectivity index is 1.70. The number of allylic oxidation sites excluding steroid dienone is 3. The molecule has 2 amide bonds. The van der Waals surface area contributed by atoms with Crippen molar-refractivity contribution in [3.05, 3.63) is 24.8 Å². The van der Waals surface area contributed by atoms with Crippen LogP contribution in [0.4, 0.5) is 13.2 Å². The fourth-order valence-electron chi connectivity index (χ4n) is 3.22. The maximum Gasteiger partial charge on any atom is 0.354 e. The van der Waals surface area contributed by atoms with Gasteiger partial charge >= 0.3 is 5.25 Å². The second kappa shape index (κ2) is 4.88. The molecular weight excluding hydrogens is 307 g/mol. The first-order valence-electron chi connectivity index (χ1n) is 6.43. The number of rotatable bonds is 5. The first-order valence-corrected chi connectivity index (χ1v) is 7.17. The Kier molecular flexibility index (Phi) is 3.40. The average Bonchev–Trinajstić information content (AvgIpc) is 3.11. The van der Waals surface area contributed by atoms with Gasteiger partial charge in [0.1, 0.15) is 12.0 Å². The van der Waals surface area contributed by atoms with E-state index in [-0.39, 0.29) is 11.8 Å². The van der Waals surface area contributed by atoms with Crippen molar-refractivity contribution in [1.82, 2.24) is 5.06 Å². The SMILES string of the molecule is C=CC(F)C(F)(F)SON1C(=O)C2C3C=CC(C3)C2C1=O. The molecule has 1 saturated heterocycles. The van der Waals surface area contributed by atoms with Gasteiger partial charge in [0.15, 0.2) is 6.17 Å². The lowest BCUT2D eigenvalue weighted by atomic mass is 9.85. The summed E-state index contributed by atoms with van der Waals surface area (Å²) in [6.07, 6.45) is 2.28. The van der Waals surface area contributed by atoms with E-state index < -0.39 is 47.1 Å². The molecule has 2 bridgehead atoms. The highest BCUT2D eigenvalue weighted by atomic mass is 32.2. The van der Waals surface area contributed by atoms with E-state index in [2.05, 4.69) is 10.9 Å². The predicted molar refractivity (Wildman–Crippen MR) is 68.3 cm³/mol. The van der Waals surface area contributed by atoms with E-state index in [1.54, 1.807) is 0 Å². The molecule has 2 aliphatic carbocycles. The lowest BCUT2D eigenvalue weighted by molar-refractivity contribution is -0.165. The molecule has 0 N–H and O–H groups in total. The summed E-state index contributed by atoms with van der Waals surface area (Å²) in [5.74, 6) is -2.42. The molecule has 3 aliphatic rings. The van der Waals surface area contributed by atoms with Crippen LogP contribution in [0.25, 0.3) is 0 Å². The summed E-state index contributed by atoms with van der Waals surface area (Å²) in [5, 5.41) is -3.56. The van der Waals surface area contributed by atoms with Crippen LogP contribution in [-0.4, -0.2) is 28.3 Å². The number of hydroxylamine groups is 2. The van der Waals surface area contributed by atoms with Crippen LogP contribution >= 0.6 is 12.0 Å². The molecule has 1 aliphatic heterocycles. The van der Waals surface area contributed by atoms with Gasteiger partial charge in [-0.25, -0.2) is 4.39 Å². The van der Waals surface area contributed by atoms with E-state index in [4.69, 9.17) is 0 Å². The largest absolute Gasteiger partial charge is 0.354 e. The minimum atomic E-state index is -3.92. The minimum absolute atomic E-state index is 0.0438. The predicted octanol–water partition coefficient (Wildman–Crippen LogP) is 2.49. The number of hydrogen-bond donors (Lipinski definition) is 0. The van der Waals surface area contributed by atoms with Crippen LogP contribution in [-0.2, 0) is 13.9 Å². The molecule has 21 heavy (non-hydrogen) atoms. The first kappa shape index (κ1) is 14.6. The second-order valence-electron chi connectivity index (χ2n) is 5.33. The smallest absolute Gasteiger partial charge is 0.272 e. The molecule has 5 atom stereocenters. The Morgan fingerprint density at radius 1 is 1.33 bits per heavy atom. The van der Waals surface area contributed by atoms with Crippen molar-refractivity contribution in [3.63, 3.8) is 0 Å². The number of carbonyl (C=O) groups is 2. The standard InChI is InChI=1S/C13H12F3NO3S/c1-2-8(14)13(15,16)21-20-17-11(18)9-6-3-4-7(5-6)10(9)12(17)19/h2-4,6-10H,1,5H2. The number of nitrogens with zero attached hydrogens (tertiary/aromatic N) is 1. The van der Waals surface area contributed by atoms with Crippen LogP contribution in [0, 0.1) is 23.7 Å². The molecule has 0 aromatic heterocycles. The molecular formula is C13H12F3NO3S. The van der Waals surface area contributed by atoms with Gasteiger partial charge in [-0.3, -0.25) is 9.59 Å². The van der Waals surface area contributed by atoms with Crippen molar-refractivity contribution in [2.45, 2.75) is 17.8 Å². The molecule has 0 aromatic rings. The number of fused-ring (bicyclic) bond motifs is 5. The zero-order valence-corrected chi connectivity index (χ0v) is 11.6. The van der Waals surface area contributed by atoms with Gasteiger partial charge in [0.25, 0.3) is 11.8 Å². The minimum Gasteiger partial charge on any atom is -0.272 e. The topological polar surface area (TPSA) is 46.6 Å². The monoisotopic (exact) mass is 319 g/mol. The number of amides is 2. The highest BCUT2D eigenvalue weighted by molar-refractivity contribution is 7.95. The van der Waals surface area contributed by atoms with Gasteiger partial charge in [-0.05, 0) is 18.3 Å². The molecule has 1 saturated carbocycles. The molecule has 5 unspecified atom stereocenters. The van der Waals surface area contributed by atoms with Gasteiger partial charge in [-0.1, -0.05) is 24.8 Å². The van der Waals surface area contributed by atoms with Gasteiger partial charge in [0.2, 0.25) is 0 Å². The maximum atomic E-state index is 13.3. The number of imide groups is 1. The van der Waals surface area contributed by atoms with Gasteiger partial charge in [-0.15, -0.1) is 5.06 Å². The van der Waals surface area contributed by atoms with Crippen LogP contribution in [0.1, 0.15) is 6.42 Å². The summed E-state index contributed by atoms with van der Waals surface area (Å²) in [6.45, 7) is 2.93. The third-order valence-electron chi connectivity index (χ3n) is 4.18. The molecule has 4 nitrogen and oxygen atoms in total. The summed E-state index contributed by atoms with van der Waals surface area (Å²) >= 11 is -0.538. The fraction of sp³-hybridized carbons (Fsp3) is 0.538. The number of hydrogen-bond acceptors (Lipinski definition) is 4. The lowest BCUT2D eigenvalue weighted by Gasteiger charge is -2.20. The Hall–Kier alpha value is -1.28. The van der Waals surface area contributed by atoms with E-state index in [0.29, 0.717) is 11.1 Å². The quantitative estimate of drug-likeness (QED) is 0.444. The fourth-order valence-corrected chi connectivity index (χ4v) is 3.73. The molecule has 0 aromatic carbocycles. The van der Waals surface area contributed by atoms with Crippen LogP contribution in [0.2, 0.25) is 0 Å². The summed E-state index contributed by atoms with van der Waals surface area (Å²) in [5.41, 5.74) is 0. The van der Waals surface area contributed by atoms with Crippen LogP contribution in [0.5, 0.6) is 0 Å². The molecule has 1 heterocycles. The maximum absolute atomic E-state index is 13.3. The van der Waals surface area contributed by atoms with E-state index in [1.165, 1.54) is 0 Å². The lowest BCUT2D eigenvalue weighted by Crippen LogP contribution is -2.34. The Morgan fingerprint density at radius 2 is 1.86 bits per heavy atom. The van der Waals surface area contributed by atoms with E-state index in [9.17, 15) is 22.8 Å². The summed E-state index contributed by atoms with van der Waals surface area (Å²) in [7, 11) is 0. The molecule has 0 spiro atoms. The molecule has 114 valence electrons. The van der Waals surface area contributed by atoms with Crippen molar-refractivity contribution in [2.75, 3.05) is 0 Å². The van der Waals surface area contributed by atoms with Crippen molar-refractivity contribution < 1.29 is 27.0 Å². The van der Waals surface area contributed by atoms with Gasteiger partial charge in [0, 0.05) is 0 Å². The number of halogens is 3. The Morgan fingerprint density at radius 3 is 2.33 bits per heavy atom. The van der Waals surface area contributed by atoms with Gasteiger partial charge < -0.3 is 0 Å². The zero-order valence-electron chi connectivity index (χ0n) is 10.7. The van der Waals surface area contributed by atoms with Crippen molar-refractivity contribution in [1.29, 1.82) is 0 Å². The van der Waals surface area contributed by atoms with Crippen LogP contribution < -0.4 is 0 Å². The Bertz CT molecular complexity index is 509. The summed E-state index contributed by atoms with van der Waals surface area (Å²) < 4.78 is 44.2. The van der Waals surface area contributed by atoms with Crippen LogP contribution in [0.15, 0.2) is 24.8 Å². The normalized spacial score (nSPS) is 35.5. The molecule has 0 radical (unpaired) electrons.